The van der Waals surface area contributed by atoms with Gasteiger partial charge in [0.15, 0.2) is 0 Å². The maximum atomic E-state index is 6.02. The lowest BCUT2D eigenvalue weighted by atomic mass is 10.1. The molecule has 0 unspecified atom stereocenters. The molecule has 1 nitrogen and oxygen atoms in total. The maximum absolute atomic E-state index is 6.02. The summed E-state index contributed by atoms with van der Waals surface area (Å²) >= 11 is 9.40. The SMILES string of the molecule is CC(C)(C)NCCc1ccc(Br)c(Cl)c1. The summed E-state index contributed by atoms with van der Waals surface area (Å²) in [5.74, 6) is 0. The number of halogens is 2. The first-order valence-electron chi connectivity index (χ1n) is 5.07. The monoisotopic (exact) mass is 289 g/mol. The van der Waals surface area contributed by atoms with Crippen LogP contribution in [0, 0.1) is 0 Å². The highest BCUT2D eigenvalue weighted by molar-refractivity contribution is 9.10. The first-order chi connectivity index (χ1) is 6.88. The van der Waals surface area contributed by atoms with Crippen molar-refractivity contribution in [1.82, 2.24) is 5.32 Å². The Morgan fingerprint density at radius 1 is 1.33 bits per heavy atom. The molecule has 84 valence electrons. The van der Waals surface area contributed by atoms with Crippen molar-refractivity contribution >= 4 is 27.5 Å². The van der Waals surface area contributed by atoms with Crippen molar-refractivity contribution in [1.29, 1.82) is 0 Å². The van der Waals surface area contributed by atoms with E-state index in [-0.39, 0.29) is 5.54 Å². The lowest BCUT2D eigenvalue weighted by Crippen LogP contribution is -2.37. The third kappa shape index (κ3) is 5.01. The highest BCUT2D eigenvalue weighted by atomic mass is 79.9. The Kier molecular flexibility index (Phi) is 4.63. The molecule has 0 saturated carbocycles. The van der Waals surface area contributed by atoms with Gasteiger partial charge in [-0.15, -0.1) is 0 Å². The zero-order valence-electron chi connectivity index (χ0n) is 9.40. The average molecular weight is 291 g/mol. The normalized spacial score (nSPS) is 11.8. The van der Waals surface area contributed by atoms with E-state index >= 15 is 0 Å². The van der Waals surface area contributed by atoms with Crippen molar-refractivity contribution in [3.8, 4) is 0 Å². The molecule has 0 bridgehead atoms. The molecule has 1 aromatic carbocycles. The third-order valence-corrected chi connectivity index (χ3v) is 3.29. The largest absolute Gasteiger partial charge is 0.312 e. The Morgan fingerprint density at radius 2 is 2.00 bits per heavy atom. The molecule has 1 rings (SSSR count). The van der Waals surface area contributed by atoms with Crippen LogP contribution in [0.2, 0.25) is 5.02 Å². The van der Waals surface area contributed by atoms with E-state index in [1.165, 1.54) is 5.56 Å². The molecule has 0 amide bonds. The fraction of sp³-hybridized carbons (Fsp3) is 0.500. The molecule has 0 saturated heterocycles. The Labute approximate surface area is 105 Å². The van der Waals surface area contributed by atoms with Crippen molar-refractivity contribution < 1.29 is 0 Å². The van der Waals surface area contributed by atoms with Crippen LogP contribution in [0.1, 0.15) is 26.3 Å². The number of nitrogens with one attached hydrogen (secondary N) is 1. The summed E-state index contributed by atoms with van der Waals surface area (Å²) in [6, 6.07) is 6.10. The van der Waals surface area contributed by atoms with Gasteiger partial charge in [-0.3, -0.25) is 0 Å². The smallest absolute Gasteiger partial charge is 0.0550 e. The van der Waals surface area contributed by atoms with Crippen LogP contribution >= 0.6 is 27.5 Å². The van der Waals surface area contributed by atoms with Crippen LogP contribution < -0.4 is 5.32 Å². The summed E-state index contributed by atoms with van der Waals surface area (Å²) in [7, 11) is 0. The molecule has 15 heavy (non-hydrogen) atoms. The Morgan fingerprint density at radius 3 is 2.53 bits per heavy atom. The van der Waals surface area contributed by atoms with Gasteiger partial charge in [0, 0.05) is 10.0 Å². The Hall–Kier alpha value is -0.0500. The van der Waals surface area contributed by atoms with Crippen LogP contribution in [0.4, 0.5) is 0 Å². The zero-order chi connectivity index (χ0) is 11.5. The van der Waals surface area contributed by atoms with E-state index in [0.29, 0.717) is 0 Å². The van der Waals surface area contributed by atoms with E-state index in [0.717, 1.165) is 22.5 Å². The molecule has 1 N–H and O–H groups in total. The molecule has 0 heterocycles. The minimum Gasteiger partial charge on any atom is -0.312 e. The van der Waals surface area contributed by atoms with Gasteiger partial charge in [-0.25, -0.2) is 0 Å². The second-order valence-electron chi connectivity index (χ2n) is 4.68. The lowest BCUT2D eigenvalue weighted by Gasteiger charge is -2.20. The summed E-state index contributed by atoms with van der Waals surface area (Å²) in [4.78, 5) is 0. The van der Waals surface area contributed by atoms with Crippen molar-refractivity contribution in [2.45, 2.75) is 32.7 Å². The molecule has 0 aromatic heterocycles. The van der Waals surface area contributed by atoms with E-state index in [1.807, 2.05) is 12.1 Å². The van der Waals surface area contributed by atoms with Crippen LogP contribution in [0.15, 0.2) is 22.7 Å². The van der Waals surface area contributed by atoms with Crippen LogP contribution in [0.5, 0.6) is 0 Å². The van der Waals surface area contributed by atoms with Crippen LogP contribution in [-0.2, 0) is 6.42 Å². The predicted octanol–water partition coefficient (Wildman–Crippen LogP) is 4.03. The van der Waals surface area contributed by atoms with Gasteiger partial charge in [-0.1, -0.05) is 17.7 Å². The maximum Gasteiger partial charge on any atom is 0.0550 e. The number of benzene rings is 1. The van der Waals surface area contributed by atoms with Crippen LogP contribution in [0.3, 0.4) is 0 Å². The summed E-state index contributed by atoms with van der Waals surface area (Å²) in [5, 5.41) is 4.23. The van der Waals surface area contributed by atoms with Gasteiger partial charge in [0.05, 0.1) is 5.02 Å². The summed E-state index contributed by atoms with van der Waals surface area (Å²) in [6.45, 7) is 7.48. The number of rotatable bonds is 3. The molecule has 3 heteroatoms. The van der Waals surface area contributed by atoms with E-state index in [1.54, 1.807) is 0 Å². The standard InChI is InChI=1S/C12H17BrClN/c1-12(2,3)15-7-6-9-4-5-10(13)11(14)8-9/h4-5,8,15H,6-7H2,1-3H3. The third-order valence-electron chi connectivity index (χ3n) is 2.05. The molecule has 0 fully saturated rings. The molecular formula is C12H17BrClN. The van der Waals surface area contributed by atoms with E-state index in [4.69, 9.17) is 11.6 Å². The fourth-order valence-corrected chi connectivity index (χ4v) is 1.73. The molecule has 0 atom stereocenters. The molecule has 0 aliphatic carbocycles. The Bertz CT molecular complexity index is 331. The average Bonchev–Trinajstić information content (AvgIpc) is 2.09. The topological polar surface area (TPSA) is 12.0 Å². The second-order valence-corrected chi connectivity index (χ2v) is 5.94. The van der Waals surface area contributed by atoms with Gasteiger partial charge < -0.3 is 5.32 Å². The minimum atomic E-state index is 0.180. The van der Waals surface area contributed by atoms with Crippen molar-refractivity contribution in [2.75, 3.05) is 6.54 Å². The van der Waals surface area contributed by atoms with Gasteiger partial charge >= 0.3 is 0 Å². The van der Waals surface area contributed by atoms with Gasteiger partial charge in [-0.05, 0) is 67.4 Å². The van der Waals surface area contributed by atoms with Crippen LogP contribution in [0.25, 0.3) is 0 Å². The van der Waals surface area contributed by atoms with Gasteiger partial charge in [0.25, 0.3) is 0 Å². The summed E-state index contributed by atoms with van der Waals surface area (Å²) in [5.41, 5.74) is 1.44. The molecule has 0 aliphatic rings. The fourth-order valence-electron chi connectivity index (χ4n) is 1.28. The molecule has 1 aromatic rings. The molecule has 0 radical (unpaired) electrons. The second kappa shape index (κ2) is 5.33. The van der Waals surface area contributed by atoms with Crippen molar-refractivity contribution in [3.63, 3.8) is 0 Å². The first kappa shape index (κ1) is 13.0. The van der Waals surface area contributed by atoms with Gasteiger partial charge in [-0.2, -0.15) is 0 Å². The quantitative estimate of drug-likeness (QED) is 0.886. The highest BCUT2D eigenvalue weighted by Crippen LogP contribution is 2.23. The summed E-state index contributed by atoms with van der Waals surface area (Å²) < 4.78 is 0.955. The summed E-state index contributed by atoms with van der Waals surface area (Å²) in [6.07, 6.45) is 1.00. The number of hydrogen-bond acceptors (Lipinski definition) is 1. The Balaban J connectivity index is 2.48. The predicted molar refractivity (Wildman–Crippen MR) is 70.6 cm³/mol. The lowest BCUT2D eigenvalue weighted by molar-refractivity contribution is 0.429. The molecule has 0 spiro atoms. The highest BCUT2D eigenvalue weighted by Gasteiger charge is 2.07. The number of hydrogen-bond donors (Lipinski definition) is 1. The molecule has 0 aliphatic heterocycles. The first-order valence-corrected chi connectivity index (χ1v) is 6.24. The van der Waals surface area contributed by atoms with Crippen LogP contribution in [-0.4, -0.2) is 12.1 Å². The van der Waals surface area contributed by atoms with Crippen molar-refractivity contribution in [2.24, 2.45) is 0 Å². The van der Waals surface area contributed by atoms with Gasteiger partial charge in [0.2, 0.25) is 0 Å². The van der Waals surface area contributed by atoms with Gasteiger partial charge in [0.1, 0.15) is 0 Å². The molecular weight excluding hydrogens is 273 g/mol. The van der Waals surface area contributed by atoms with E-state index in [9.17, 15) is 0 Å². The zero-order valence-corrected chi connectivity index (χ0v) is 11.7. The van der Waals surface area contributed by atoms with Crippen molar-refractivity contribution in [3.05, 3.63) is 33.3 Å². The van der Waals surface area contributed by atoms with E-state index < -0.39 is 0 Å². The van der Waals surface area contributed by atoms with E-state index in [2.05, 4.69) is 48.1 Å². The minimum absolute atomic E-state index is 0.180.